The number of ether oxygens (including phenoxy) is 1. The van der Waals surface area contributed by atoms with Gasteiger partial charge in [-0.3, -0.25) is 19.7 Å². The molecular formula is C21H20BrN5O5. The van der Waals surface area contributed by atoms with Gasteiger partial charge in [-0.05, 0) is 30.7 Å². The lowest BCUT2D eigenvalue weighted by atomic mass is 10.2. The highest BCUT2D eigenvalue weighted by molar-refractivity contribution is 9.10. The van der Waals surface area contributed by atoms with Gasteiger partial charge < -0.3 is 10.5 Å². The Morgan fingerprint density at radius 2 is 2.16 bits per heavy atom. The Labute approximate surface area is 191 Å². The highest BCUT2D eigenvalue weighted by atomic mass is 79.9. The fourth-order valence-corrected chi connectivity index (χ4v) is 3.38. The molecule has 0 unspecified atom stereocenters. The van der Waals surface area contributed by atoms with Crippen molar-refractivity contribution < 1.29 is 14.5 Å². The van der Waals surface area contributed by atoms with Crippen molar-refractivity contribution in [3.8, 4) is 5.75 Å². The number of nitro benzene ring substituents is 1. The summed E-state index contributed by atoms with van der Waals surface area (Å²) in [6, 6.07) is 9.43. The number of halogens is 1. The summed E-state index contributed by atoms with van der Waals surface area (Å²) in [5.74, 6) is -0.485. The van der Waals surface area contributed by atoms with Gasteiger partial charge in [-0.2, -0.15) is 9.78 Å². The van der Waals surface area contributed by atoms with Crippen molar-refractivity contribution in [2.24, 2.45) is 10.8 Å². The van der Waals surface area contributed by atoms with Crippen LogP contribution in [0.2, 0.25) is 0 Å². The number of amides is 1. The highest BCUT2D eigenvalue weighted by Crippen LogP contribution is 2.30. The Kier molecular flexibility index (Phi) is 7.31. The maximum absolute atomic E-state index is 13.1. The number of carbonyl (C=O) groups is 1. The Morgan fingerprint density at radius 3 is 2.84 bits per heavy atom. The lowest BCUT2D eigenvalue weighted by Gasteiger charge is -2.10. The monoisotopic (exact) mass is 501 g/mol. The van der Waals surface area contributed by atoms with E-state index in [-0.39, 0.29) is 22.6 Å². The number of benzene rings is 2. The maximum atomic E-state index is 13.1. The van der Waals surface area contributed by atoms with E-state index in [1.54, 1.807) is 18.2 Å². The molecule has 0 radical (unpaired) electrons. The quantitative estimate of drug-likeness (QED) is 0.271. The van der Waals surface area contributed by atoms with E-state index in [4.69, 9.17) is 10.5 Å². The number of rotatable bonds is 9. The minimum atomic E-state index is -0.784. The number of nitrogens with zero attached hydrogens (tertiary/aromatic N) is 4. The van der Waals surface area contributed by atoms with Crippen molar-refractivity contribution in [3.05, 3.63) is 72.7 Å². The summed E-state index contributed by atoms with van der Waals surface area (Å²) in [4.78, 5) is 39.6. The first-order valence-corrected chi connectivity index (χ1v) is 10.5. The van der Waals surface area contributed by atoms with E-state index in [9.17, 15) is 19.7 Å². The number of fused-ring (bicyclic) bond motifs is 1. The second-order valence-electron chi connectivity index (χ2n) is 6.86. The van der Waals surface area contributed by atoms with E-state index in [1.165, 1.54) is 29.1 Å². The number of aromatic nitrogens is 2. The molecular weight excluding hydrogens is 482 g/mol. The molecule has 32 heavy (non-hydrogen) atoms. The number of aryl methyl sites for hydroxylation is 1. The predicted molar refractivity (Wildman–Crippen MR) is 123 cm³/mol. The SMILES string of the molecule is CCCCc1nc2ccc(Br)cc2c(=O)n1N=Cc1cccc([N+](=O)[O-])c1OCC(N)=O. The van der Waals surface area contributed by atoms with Crippen LogP contribution in [0.1, 0.15) is 31.2 Å². The van der Waals surface area contributed by atoms with Crippen LogP contribution in [0, 0.1) is 10.1 Å². The second kappa shape index (κ2) is 10.1. The van der Waals surface area contributed by atoms with Gasteiger partial charge in [0.05, 0.1) is 22.0 Å². The molecule has 0 spiro atoms. The van der Waals surface area contributed by atoms with Gasteiger partial charge in [-0.1, -0.05) is 35.3 Å². The van der Waals surface area contributed by atoms with Crippen LogP contribution in [0.4, 0.5) is 5.69 Å². The lowest BCUT2D eigenvalue weighted by Crippen LogP contribution is -2.23. The van der Waals surface area contributed by atoms with Crippen molar-refractivity contribution in [1.82, 2.24) is 9.66 Å². The molecule has 0 saturated carbocycles. The molecule has 10 nitrogen and oxygen atoms in total. The highest BCUT2D eigenvalue weighted by Gasteiger charge is 2.19. The summed E-state index contributed by atoms with van der Waals surface area (Å²) in [6.45, 7) is 1.48. The summed E-state index contributed by atoms with van der Waals surface area (Å²) in [5, 5.41) is 16.0. The molecule has 0 bridgehead atoms. The summed E-state index contributed by atoms with van der Waals surface area (Å²) >= 11 is 3.35. The minimum absolute atomic E-state index is 0.167. The molecule has 3 aromatic rings. The van der Waals surface area contributed by atoms with E-state index < -0.39 is 17.4 Å². The third-order valence-corrected chi connectivity index (χ3v) is 5.02. The summed E-state index contributed by atoms with van der Waals surface area (Å²) in [5.41, 5.74) is 5.15. The third-order valence-electron chi connectivity index (χ3n) is 4.52. The molecule has 1 amide bonds. The van der Waals surface area contributed by atoms with Crippen LogP contribution >= 0.6 is 15.9 Å². The van der Waals surface area contributed by atoms with E-state index >= 15 is 0 Å². The van der Waals surface area contributed by atoms with Crippen LogP contribution in [-0.4, -0.2) is 33.3 Å². The molecule has 0 atom stereocenters. The Hall–Kier alpha value is -3.60. The van der Waals surface area contributed by atoms with Gasteiger partial charge in [0, 0.05) is 22.5 Å². The molecule has 0 saturated heterocycles. The molecule has 0 aliphatic heterocycles. The molecule has 166 valence electrons. The number of nitrogens with two attached hydrogens (primary N) is 1. The summed E-state index contributed by atoms with van der Waals surface area (Å²) in [6.07, 6.45) is 3.49. The number of primary amides is 1. The molecule has 2 aromatic carbocycles. The maximum Gasteiger partial charge on any atom is 0.311 e. The average molecular weight is 502 g/mol. The molecule has 1 heterocycles. The number of unbranched alkanes of at least 4 members (excludes halogenated alkanes) is 1. The summed E-state index contributed by atoms with van der Waals surface area (Å²) in [7, 11) is 0. The van der Waals surface area contributed by atoms with Gasteiger partial charge in [-0.15, -0.1) is 0 Å². The van der Waals surface area contributed by atoms with E-state index in [0.29, 0.717) is 23.1 Å². The zero-order valence-electron chi connectivity index (χ0n) is 17.2. The van der Waals surface area contributed by atoms with Crippen molar-refractivity contribution in [2.75, 3.05) is 6.61 Å². The Bertz CT molecular complexity index is 1270. The minimum Gasteiger partial charge on any atom is -0.476 e. The van der Waals surface area contributed by atoms with Crippen molar-refractivity contribution in [1.29, 1.82) is 0 Å². The standard InChI is InChI=1S/C21H20BrN5O5/c1-2-3-7-19-25-16-9-8-14(22)10-15(16)21(29)26(19)24-11-13-5-4-6-17(27(30)31)20(13)32-12-18(23)28/h4-6,8-11H,2-3,7,12H2,1H3,(H2,23,28). The number of nitro groups is 1. The first kappa shape index (κ1) is 23.1. The number of para-hydroxylation sites is 1. The molecule has 11 heteroatoms. The molecule has 1 aromatic heterocycles. The fraction of sp³-hybridized carbons (Fsp3) is 0.238. The van der Waals surface area contributed by atoms with E-state index in [2.05, 4.69) is 26.0 Å². The normalized spacial score (nSPS) is 11.2. The Balaban J connectivity index is 2.14. The number of hydrogen-bond donors (Lipinski definition) is 1. The van der Waals surface area contributed by atoms with Gasteiger partial charge in [-0.25, -0.2) is 4.98 Å². The van der Waals surface area contributed by atoms with Gasteiger partial charge in [0.25, 0.3) is 11.5 Å². The van der Waals surface area contributed by atoms with E-state index in [1.807, 2.05) is 6.92 Å². The van der Waals surface area contributed by atoms with Gasteiger partial charge in [0.1, 0.15) is 5.82 Å². The van der Waals surface area contributed by atoms with Crippen LogP contribution in [-0.2, 0) is 11.2 Å². The topological polar surface area (TPSA) is 143 Å². The second-order valence-corrected chi connectivity index (χ2v) is 7.78. The zero-order valence-corrected chi connectivity index (χ0v) is 18.7. The smallest absolute Gasteiger partial charge is 0.311 e. The molecule has 0 fully saturated rings. The molecule has 2 N–H and O–H groups in total. The Morgan fingerprint density at radius 1 is 1.38 bits per heavy atom. The first-order valence-electron chi connectivity index (χ1n) is 9.76. The van der Waals surface area contributed by atoms with Gasteiger partial charge >= 0.3 is 5.69 Å². The first-order chi connectivity index (χ1) is 15.3. The van der Waals surface area contributed by atoms with Crippen molar-refractivity contribution in [3.63, 3.8) is 0 Å². The third kappa shape index (κ3) is 5.17. The van der Waals surface area contributed by atoms with Gasteiger partial charge in [0.2, 0.25) is 5.75 Å². The number of hydrogen-bond acceptors (Lipinski definition) is 7. The van der Waals surface area contributed by atoms with Crippen LogP contribution in [0.25, 0.3) is 10.9 Å². The van der Waals surface area contributed by atoms with Crippen LogP contribution in [0.15, 0.2) is 50.8 Å². The summed E-state index contributed by atoms with van der Waals surface area (Å²) < 4.78 is 7.18. The average Bonchev–Trinajstić information content (AvgIpc) is 2.76. The van der Waals surface area contributed by atoms with Crippen LogP contribution in [0.3, 0.4) is 0 Å². The fourth-order valence-electron chi connectivity index (χ4n) is 3.02. The van der Waals surface area contributed by atoms with Crippen molar-refractivity contribution in [2.45, 2.75) is 26.2 Å². The largest absolute Gasteiger partial charge is 0.476 e. The zero-order chi connectivity index (χ0) is 23.3. The number of carbonyl (C=O) groups excluding carboxylic acids is 1. The van der Waals surface area contributed by atoms with Crippen molar-refractivity contribution >= 4 is 44.6 Å². The molecule has 3 rings (SSSR count). The van der Waals surface area contributed by atoms with Crippen LogP contribution in [0.5, 0.6) is 5.75 Å². The van der Waals surface area contributed by atoms with Crippen LogP contribution < -0.4 is 16.0 Å². The molecule has 0 aliphatic rings. The predicted octanol–water partition coefficient (Wildman–Crippen LogP) is 3.16. The van der Waals surface area contributed by atoms with E-state index in [0.717, 1.165) is 17.3 Å². The van der Waals surface area contributed by atoms with Gasteiger partial charge in [0.15, 0.2) is 6.61 Å². The molecule has 0 aliphatic carbocycles. The lowest BCUT2D eigenvalue weighted by molar-refractivity contribution is -0.385.